The number of anilines is 1. The fraction of sp³-hybridized carbons (Fsp3) is 0.429. The highest BCUT2D eigenvalue weighted by Gasteiger charge is 2.16. The first-order valence-electron chi connectivity index (χ1n) is 6.26. The molecule has 19 heavy (non-hydrogen) atoms. The number of rotatable bonds is 7. The van der Waals surface area contributed by atoms with Crippen molar-refractivity contribution in [2.75, 3.05) is 23.7 Å². The van der Waals surface area contributed by atoms with E-state index in [9.17, 15) is 10.1 Å². The number of thioether (sulfide) groups is 1. The van der Waals surface area contributed by atoms with Gasteiger partial charge in [-0.25, -0.2) is 0 Å². The summed E-state index contributed by atoms with van der Waals surface area (Å²) in [6.07, 6.45) is 0.837. The van der Waals surface area contributed by atoms with Crippen molar-refractivity contribution in [3.63, 3.8) is 0 Å². The van der Waals surface area contributed by atoms with Gasteiger partial charge in [0.1, 0.15) is 12.6 Å². The lowest BCUT2D eigenvalue weighted by molar-refractivity contribution is -0.135. The number of hydrogen-bond acceptors (Lipinski definition) is 4. The van der Waals surface area contributed by atoms with Gasteiger partial charge in [-0.1, -0.05) is 19.9 Å². The van der Waals surface area contributed by atoms with Crippen molar-refractivity contribution in [3.05, 3.63) is 23.8 Å². The minimum absolute atomic E-state index is 0.0806. The number of carboxylic acid groups (broad SMARTS) is 1. The SMILES string of the molecule is CCCN(CC(=O)O)c1cccc(SCC)c1C#N. The molecule has 1 N–H and O–H groups in total. The van der Waals surface area contributed by atoms with Gasteiger partial charge >= 0.3 is 5.97 Å². The zero-order chi connectivity index (χ0) is 14.3. The van der Waals surface area contributed by atoms with Crippen LogP contribution in [0.25, 0.3) is 0 Å². The lowest BCUT2D eigenvalue weighted by Gasteiger charge is -2.24. The van der Waals surface area contributed by atoms with Gasteiger partial charge in [-0.15, -0.1) is 11.8 Å². The maximum absolute atomic E-state index is 10.9. The second kappa shape index (κ2) is 7.70. The molecule has 1 rings (SSSR count). The minimum Gasteiger partial charge on any atom is -0.480 e. The van der Waals surface area contributed by atoms with Crippen LogP contribution >= 0.6 is 11.8 Å². The van der Waals surface area contributed by atoms with Crippen LogP contribution in [0.3, 0.4) is 0 Å². The summed E-state index contributed by atoms with van der Waals surface area (Å²) < 4.78 is 0. The Bertz CT molecular complexity index is 483. The molecule has 102 valence electrons. The monoisotopic (exact) mass is 278 g/mol. The predicted octanol–water partition coefficient (Wildman–Crippen LogP) is 2.97. The van der Waals surface area contributed by atoms with Crippen molar-refractivity contribution in [1.82, 2.24) is 0 Å². The van der Waals surface area contributed by atoms with Gasteiger partial charge in [0.2, 0.25) is 0 Å². The number of benzene rings is 1. The van der Waals surface area contributed by atoms with Gasteiger partial charge < -0.3 is 10.0 Å². The minimum atomic E-state index is -0.883. The molecule has 0 saturated carbocycles. The average Bonchev–Trinajstić information content (AvgIpc) is 2.38. The Labute approximate surface area is 118 Å². The maximum Gasteiger partial charge on any atom is 0.323 e. The molecule has 0 atom stereocenters. The molecule has 0 aromatic heterocycles. The summed E-state index contributed by atoms with van der Waals surface area (Å²) in [5.41, 5.74) is 1.29. The van der Waals surface area contributed by atoms with Crippen LogP contribution in [0, 0.1) is 11.3 Å². The molecule has 0 amide bonds. The van der Waals surface area contributed by atoms with Crippen LogP contribution in [0.1, 0.15) is 25.8 Å². The number of hydrogen-bond donors (Lipinski definition) is 1. The Hall–Kier alpha value is -1.67. The highest BCUT2D eigenvalue weighted by molar-refractivity contribution is 7.99. The van der Waals surface area contributed by atoms with Crippen LogP contribution < -0.4 is 4.90 Å². The van der Waals surface area contributed by atoms with Crippen LogP contribution in [0.2, 0.25) is 0 Å². The third kappa shape index (κ3) is 4.18. The predicted molar refractivity (Wildman–Crippen MR) is 77.7 cm³/mol. The summed E-state index contributed by atoms with van der Waals surface area (Å²) >= 11 is 1.60. The second-order valence-corrected chi connectivity index (χ2v) is 5.32. The number of nitrogens with zero attached hydrogens (tertiary/aromatic N) is 2. The van der Waals surface area contributed by atoms with Crippen molar-refractivity contribution in [3.8, 4) is 6.07 Å². The Balaban J connectivity index is 3.18. The van der Waals surface area contributed by atoms with Crippen LogP contribution in [-0.2, 0) is 4.79 Å². The standard InChI is InChI=1S/C14H18N2O2S/c1-3-8-16(10-14(17)18)12-6-5-7-13(19-4-2)11(12)9-15/h5-7H,3-4,8,10H2,1-2H3,(H,17,18). The van der Waals surface area contributed by atoms with E-state index >= 15 is 0 Å². The molecule has 0 radical (unpaired) electrons. The molecule has 0 bridgehead atoms. The molecular weight excluding hydrogens is 260 g/mol. The molecule has 0 fully saturated rings. The molecule has 1 aromatic rings. The average molecular weight is 278 g/mol. The van der Waals surface area contributed by atoms with Gasteiger partial charge in [-0.05, 0) is 24.3 Å². The molecule has 0 aliphatic rings. The lowest BCUT2D eigenvalue weighted by Crippen LogP contribution is -2.31. The van der Waals surface area contributed by atoms with Crippen molar-refractivity contribution in [2.45, 2.75) is 25.2 Å². The smallest absolute Gasteiger partial charge is 0.323 e. The summed E-state index contributed by atoms with van der Waals surface area (Å²) in [6.45, 7) is 4.56. The summed E-state index contributed by atoms with van der Waals surface area (Å²) in [5, 5.41) is 18.3. The fourth-order valence-corrected chi connectivity index (χ4v) is 2.67. The fourth-order valence-electron chi connectivity index (χ4n) is 1.89. The summed E-state index contributed by atoms with van der Waals surface area (Å²) in [5.74, 6) is -0.00363. The van der Waals surface area contributed by atoms with E-state index in [2.05, 4.69) is 6.07 Å². The Morgan fingerprint density at radius 2 is 2.21 bits per heavy atom. The molecule has 0 aliphatic carbocycles. The quantitative estimate of drug-likeness (QED) is 0.777. The molecule has 0 spiro atoms. The molecule has 4 nitrogen and oxygen atoms in total. The normalized spacial score (nSPS) is 9.95. The van der Waals surface area contributed by atoms with E-state index in [0.29, 0.717) is 17.8 Å². The Morgan fingerprint density at radius 3 is 2.74 bits per heavy atom. The first kappa shape index (κ1) is 15.4. The topological polar surface area (TPSA) is 64.3 Å². The van der Waals surface area contributed by atoms with Crippen LogP contribution in [0.15, 0.2) is 23.1 Å². The number of carbonyl (C=O) groups is 1. The van der Waals surface area contributed by atoms with Gasteiger partial charge in [-0.2, -0.15) is 5.26 Å². The van der Waals surface area contributed by atoms with Gasteiger partial charge in [0.05, 0.1) is 11.3 Å². The van der Waals surface area contributed by atoms with Crippen LogP contribution in [0.5, 0.6) is 0 Å². The van der Waals surface area contributed by atoms with Gasteiger partial charge in [0.25, 0.3) is 0 Å². The summed E-state index contributed by atoms with van der Waals surface area (Å²) in [7, 11) is 0. The van der Waals surface area contributed by atoms with Gasteiger partial charge in [0, 0.05) is 11.4 Å². The molecule has 5 heteroatoms. The molecule has 0 aliphatic heterocycles. The number of nitriles is 1. The van der Waals surface area contributed by atoms with Crippen LogP contribution in [-0.4, -0.2) is 29.9 Å². The zero-order valence-electron chi connectivity index (χ0n) is 11.2. The van der Waals surface area contributed by atoms with E-state index in [4.69, 9.17) is 5.11 Å². The molecule has 0 heterocycles. The summed E-state index contributed by atoms with van der Waals surface area (Å²) in [6, 6.07) is 7.80. The van der Waals surface area contributed by atoms with Gasteiger partial charge in [-0.3, -0.25) is 4.79 Å². The van der Waals surface area contributed by atoms with Crippen molar-refractivity contribution < 1.29 is 9.90 Å². The first-order chi connectivity index (χ1) is 9.13. The van der Waals surface area contributed by atoms with Crippen molar-refractivity contribution >= 4 is 23.4 Å². The highest BCUT2D eigenvalue weighted by Crippen LogP contribution is 2.30. The third-order valence-corrected chi connectivity index (χ3v) is 3.52. The van der Waals surface area contributed by atoms with Crippen molar-refractivity contribution in [1.29, 1.82) is 5.26 Å². The second-order valence-electron chi connectivity index (χ2n) is 4.01. The van der Waals surface area contributed by atoms with Crippen molar-refractivity contribution in [2.24, 2.45) is 0 Å². The largest absolute Gasteiger partial charge is 0.480 e. The maximum atomic E-state index is 10.9. The van der Waals surface area contributed by atoms with E-state index in [1.54, 1.807) is 16.7 Å². The molecule has 1 aromatic carbocycles. The zero-order valence-corrected chi connectivity index (χ0v) is 12.0. The number of aliphatic carboxylic acids is 1. The van der Waals surface area contributed by atoms with Gasteiger partial charge in [0.15, 0.2) is 0 Å². The highest BCUT2D eigenvalue weighted by atomic mass is 32.2. The summed E-state index contributed by atoms with van der Waals surface area (Å²) in [4.78, 5) is 13.6. The molecule has 0 saturated heterocycles. The molecular formula is C14H18N2O2S. The Morgan fingerprint density at radius 1 is 1.47 bits per heavy atom. The van der Waals surface area contributed by atoms with Crippen LogP contribution in [0.4, 0.5) is 5.69 Å². The van der Waals surface area contributed by atoms with E-state index in [1.165, 1.54) is 0 Å². The van der Waals surface area contributed by atoms with E-state index in [-0.39, 0.29) is 6.54 Å². The Kier molecular flexibility index (Phi) is 6.23. The molecule has 0 unspecified atom stereocenters. The van der Waals surface area contributed by atoms with E-state index < -0.39 is 5.97 Å². The lowest BCUT2D eigenvalue weighted by atomic mass is 10.1. The van der Waals surface area contributed by atoms with E-state index in [0.717, 1.165) is 17.1 Å². The number of carboxylic acids is 1. The van der Waals surface area contributed by atoms with E-state index in [1.807, 2.05) is 32.0 Å². The third-order valence-electron chi connectivity index (χ3n) is 2.58. The first-order valence-corrected chi connectivity index (χ1v) is 7.25.